The lowest BCUT2D eigenvalue weighted by Gasteiger charge is -2.26. The molecule has 0 unspecified atom stereocenters. The van der Waals surface area contributed by atoms with Gasteiger partial charge in [0.25, 0.3) is 0 Å². The molecule has 1 N–H and O–H groups in total. The van der Waals surface area contributed by atoms with Crippen LogP contribution >= 0.6 is 11.8 Å². The van der Waals surface area contributed by atoms with Crippen molar-refractivity contribution >= 4 is 11.8 Å². The largest absolute Gasteiger partial charge is 0.316 e. The maximum atomic E-state index is 4.00. The SMILES string of the molecule is Cn1cnnc1SCC1CNC1. The van der Waals surface area contributed by atoms with Crippen LogP contribution in [-0.2, 0) is 7.05 Å². The van der Waals surface area contributed by atoms with Gasteiger partial charge < -0.3 is 9.88 Å². The van der Waals surface area contributed by atoms with Crippen molar-refractivity contribution in [2.24, 2.45) is 13.0 Å². The summed E-state index contributed by atoms with van der Waals surface area (Å²) < 4.78 is 1.96. The second kappa shape index (κ2) is 3.45. The summed E-state index contributed by atoms with van der Waals surface area (Å²) in [6, 6.07) is 0. The van der Waals surface area contributed by atoms with Gasteiger partial charge in [-0.1, -0.05) is 11.8 Å². The van der Waals surface area contributed by atoms with Gasteiger partial charge in [-0.2, -0.15) is 0 Å². The molecule has 0 aliphatic carbocycles. The third kappa shape index (κ3) is 1.61. The number of nitrogens with one attached hydrogen (secondary N) is 1. The zero-order chi connectivity index (χ0) is 8.39. The van der Waals surface area contributed by atoms with E-state index in [0.29, 0.717) is 0 Å². The minimum atomic E-state index is 0.826. The molecule has 1 aromatic rings. The van der Waals surface area contributed by atoms with E-state index < -0.39 is 0 Å². The van der Waals surface area contributed by atoms with Crippen molar-refractivity contribution in [3.8, 4) is 0 Å². The monoisotopic (exact) mass is 184 g/mol. The number of nitrogens with zero attached hydrogens (tertiary/aromatic N) is 3. The highest BCUT2D eigenvalue weighted by molar-refractivity contribution is 7.99. The number of aryl methyl sites for hydroxylation is 1. The summed E-state index contributed by atoms with van der Waals surface area (Å²) >= 11 is 1.79. The van der Waals surface area contributed by atoms with E-state index in [-0.39, 0.29) is 0 Å². The Bertz CT molecular complexity index is 256. The van der Waals surface area contributed by atoms with Gasteiger partial charge in [0, 0.05) is 12.8 Å². The van der Waals surface area contributed by atoms with Crippen LogP contribution in [0.4, 0.5) is 0 Å². The Balaban J connectivity index is 1.82. The van der Waals surface area contributed by atoms with E-state index in [9.17, 15) is 0 Å². The van der Waals surface area contributed by atoms with Crippen molar-refractivity contribution in [1.82, 2.24) is 20.1 Å². The van der Waals surface area contributed by atoms with E-state index in [1.165, 1.54) is 0 Å². The average molecular weight is 184 g/mol. The molecular formula is C7H12N4S. The summed E-state index contributed by atoms with van der Waals surface area (Å²) in [6.07, 6.45) is 1.74. The Morgan fingerprint density at radius 2 is 2.58 bits per heavy atom. The van der Waals surface area contributed by atoms with Gasteiger partial charge in [0.2, 0.25) is 0 Å². The topological polar surface area (TPSA) is 42.7 Å². The van der Waals surface area contributed by atoms with Gasteiger partial charge in [0.1, 0.15) is 6.33 Å². The normalized spacial score (nSPS) is 17.8. The fraction of sp³-hybridized carbons (Fsp3) is 0.714. The lowest BCUT2D eigenvalue weighted by Crippen LogP contribution is -2.43. The van der Waals surface area contributed by atoms with Gasteiger partial charge in [0.15, 0.2) is 5.16 Å². The zero-order valence-corrected chi connectivity index (χ0v) is 7.84. The minimum Gasteiger partial charge on any atom is -0.316 e. The molecule has 1 aliphatic heterocycles. The molecule has 1 fully saturated rings. The van der Waals surface area contributed by atoms with Crippen LogP contribution in [0.5, 0.6) is 0 Å². The molecule has 66 valence electrons. The van der Waals surface area contributed by atoms with Gasteiger partial charge in [-0.25, -0.2) is 0 Å². The van der Waals surface area contributed by atoms with Gasteiger partial charge >= 0.3 is 0 Å². The molecule has 0 aromatic carbocycles. The predicted molar refractivity (Wildman–Crippen MR) is 48.1 cm³/mol. The Morgan fingerprint density at radius 1 is 1.75 bits per heavy atom. The fourth-order valence-corrected chi connectivity index (χ4v) is 2.04. The second-order valence-electron chi connectivity index (χ2n) is 3.06. The van der Waals surface area contributed by atoms with Crippen LogP contribution in [0.2, 0.25) is 0 Å². The molecule has 5 heteroatoms. The van der Waals surface area contributed by atoms with E-state index in [1.807, 2.05) is 11.6 Å². The molecule has 12 heavy (non-hydrogen) atoms. The van der Waals surface area contributed by atoms with Crippen LogP contribution in [-0.4, -0.2) is 33.6 Å². The quantitative estimate of drug-likeness (QED) is 0.678. The van der Waals surface area contributed by atoms with Crippen molar-refractivity contribution in [2.45, 2.75) is 5.16 Å². The van der Waals surface area contributed by atoms with Crippen molar-refractivity contribution in [3.05, 3.63) is 6.33 Å². The molecule has 0 atom stereocenters. The number of aromatic nitrogens is 3. The third-order valence-corrected chi connectivity index (χ3v) is 3.25. The molecule has 0 bridgehead atoms. The summed E-state index contributed by atoms with van der Waals surface area (Å²) in [7, 11) is 1.97. The van der Waals surface area contributed by atoms with E-state index in [1.54, 1.807) is 18.1 Å². The van der Waals surface area contributed by atoms with E-state index in [0.717, 1.165) is 29.9 Å². The molecule has 0 spiro atoms. The molecule has 2 rings (SSSR count). The van der Waals surface area contributed by atoms with Crippen LogP contribution < -0.4 is 5.32 Å². The maximum absolute atomic E-state index is 4.00. The minimum absolute atomic E-state index is 0.826. The smallest absolute Gasteiger partial charge is 0.190 e. The van der Waals surface area contributed by atoms with Crippen LogP contribution in [0.25, 0.3) is 0 Å². The number of hydrogen-bond acceptors (Lipinski definition) is 4. The molecule has 1 aliphatic rings. The second-order valence-corrected chi connectivity index (χ2v) is 4.05. The zero-order valence-electron chi connectivity index (χ0n) is 7.03. The maximum Gasteiger partial charge on any atom is 0.190 e. The van der Waals surface area contributed by atoms with Gasteiger partial charge in [0.05, 0.1) is 0 Å². The first-order chi connectivity index (χ1) is 5.86. The van der Waals surface area contributed by atoms with E-state index in [2.05, 4.69) is 15.5 Å². The summed E-state index contributed by atoms with van der Waals surface area (Å²) in [5.41, 5.74) is 0. The summed E-state index contributed by atoms with van der Waals surface area (Å²) in [4.78, 5) is 0. The van der Waals surface area contributed by atoms with Crippen LogP contribution in [0.15, 0.2) is 11.5 Å². The average Bonchev–Trinajstić information content (AvgIpc) is 2.33. The van der Waals surface area contributed by atoms with Crippen molar-refractivity contribution in [3.63, 3.8) is 0 Å². The summed E-state index contributed by atoms with van der Waals surface area (Å²) in [6.45, 7) is 2.32. The van der Waals surface area contributed by atoms with Crippen LogP contribution in [0.3, 0.4) is 0 Å². The molecule has 0 amide bonds. The lowest BCUT2D eigenvalue weighted by molar-refractivity contribution is 0.385. The highest BCUT2D eigenvalue weighted by atomic mass is 32.2. The highest BCUT2D eigenvalue weighted by Crippen LogP contribution is 2.18. The third-order valence-electron chi connectivity index (χ3n) is 1.98. The van der Waals surface area contributed by atoms with Crippen LogP contribution in [0, 0.1) is 5.92 Å². The Morgan fingerprint density at radius 3 is 3.08 bits per heavy atom. The van der Waals surface area contributed by atoms with Gasteiger partial charge in [-0.05, 0) is 19.0 Å². The Hall–Kier alpha value is -0.550. The van der Waals surface area contributed by atoms with Crippen LogP contribution in [0.1, 0.15) is 0 Å². The molecule has 0 saturated carbocycles. The predicted octanol–water partition coefficient (Wildman–Crippen LogP) is 0.127. The van der Waals surface area contributed by atoms with Gasteiger partial charge in [-0.3, -0.25) is 0 Å². The van der Waals surface area contributed by atoms with E-state index in [4.69, 9.17) is 0 Å². The summed E-state index contributed by atoms with van der Waals surface area (Å²) in [5, 5.41) is 12.1. The number of hydrogen-bond donors (Lipinski definition) is 1. The first-order valence-electron chi connectivity index (χ1n) is 4.04. The molecule has 1 saturated heterocycles. The first kappa shape index (κ1) is 8.07. The highest BCUT2D eigenvalue weighted by Gasteiger charge is 2.17. The fourth-order valence-electron chi connectivity index (χ4n) is 1.06. The molecule has 0 radical (unpaired) electrons. The van der Waals surface area contributed by atoms with Crippen molar-refractivity contribution < 1.29 is 0 Å². The van der Waals surface area contributed by atoms with Crippen molar-refractivity contribution in [2.75, 3.05) is 18.8 Å². The first-order valence-corrected chi connectivity index (χ1v) is 5.02. The molecule has 1 aromatic heterocycles. The summed E-state index contributed by atoms with van der Waals surface area (Å²) in [5.74, 6) is 1.98. The number of thioether (sulfide) groups is 1. The number of rotatable bonds is 3. The lowest BCUT2D eigenvalue weighted by atomic mass is 10.1. The standard InChI is InChI=1S/C7H12N4S/c1-11-5-9-10-7(11)12-4-6-2-8-3-6/h5-6,8H,2-4H2,1H3. The molecule has 4 nitrogen and oxygen atoms in total. The Kier molecular flexibility index (Phi) is 2.32. The van der Waals surface area contributed by atoms with E-state index >= 15 is 0 Å². The molecular weight excluding hydrogens is 172 g/mol. The van der Waals surface area contributed by atoms with Gasteiger partial charge in [-0.15, -0.1) is 10.2 Å². The molecule has 2 heterocycles. The Labute approximate surface area is 75.8 Å². The van der Waals surface area contributed by atoms with Crippen molar-refractivity contribution in [1.29, 1.82) is 0 Å².